The summed E-state index contributed by atoms with van der Waals surface area (Å²) in [5.41, 5.74) is -1.69. The molecule has 3 aliphatic rings. The van der Waals surface area contributed by atoms with E-state index in [0.29, 0.717) is 46.7 Å². The van der Waals surface area contributed by atoms with Crippen LogP contribution in [0, 0.1) is 23.2 Å². The number of ether oxygens (including phenoxy) is 1. The Kier molecular flexibility index (Phi) is 5.34. The van der Waals surface area contributed by atoms with E-state index in [1.807, 2.05) is 11.0 Å². The first-order chi connectivity index (χ1) is 16.2. The molecule has 9 heteroatoms. The van der Waals surface area contributed by atoms with Crippen molar-refractivity contribution in [3.8, 4) is 11.8 Å². The molecule has 0 aromatic heterocycles. The van der Waals surface area contributed by atoms with E-state index < -0.39 is 41.7 Å². The first-order valence-corrected chi connectivity index (χ1v) is 11.2. The van der Waals surface area contributed by atoms with Gasteiger partial charge in [-0.05, 0) is 54.8 Å². The van der Waals surface area contributed by atoms with Gasteiger partial charge in [0.2, 0.25) is 11.6 Å². The second kappa shape index (κ2) is 8.00. The Morgan fingerprint density at radius 1 is 1.18 bits per heavy atom. The molecule has 1 N–H and O–H groups in total. The fourth-order valence-corrected chi connectivity index (χ4v) is 6.13. The van der Waals surface area contributed by atoms with Gasteiger partial charge >= 0.3 is 6.18 Å². The summed E-state index contributed by atoms with van der Waals surface area (Å²) in [6.07, 6.45) is -3.85. The SMILES string of the molecule is COc1ccc(CN2C(=O)[C@H]3C([C@@H]4CCCN4[C@H]3c3ccc(C#N)cc3)[C@@]2(O)C(F)(F)F)cc1. The lowest BCUT2D eigenvalue weighted by atomic mass is 9.80. The molecule has 5 rings (SSSR count). The van der Waals surface area contributed by atoms with Gasteiger partial charge in [-0.1, -0.05) is 24.3 Å². The van der Waals surface area contributed by atoms with Crippen LogP contribution in [0.3, 0.4) is 0 Å². The van der Waals surface area contributed by atoms with Gasteiger partial charge in [-0.15, -0.1) is 0 Å². The molecule has 0 spiro atoms. The first kappa shape index (κ1) is 22.7. The summed E-state index contributed by atoms with van der Waals surface area (Å²) in [6.45, 7) is 0.195. The van der Waals surface area contributed by atoms with E-state index >= 15 is 0 Å². The van der Waals surface area contributed by atoms with Crippen LogP contribution in [0.25, 0.3) is 0 Å². The molecule has 1 unspecified atom stereocenters. The molecule has 2 aromatic carbocycles. The van der Waals surface area contributed by atoms with Gasteiger partial charge in [0.15, 0.2) is 0 Å². The Balaban J connectivity index is 1.58. The molecule has 3 saturated heterocycles. The van der Waals surface area contributed by atoms with Gasteiger partial charge in [0.25, 0.3) is 0 Å². The molecule has 3 fully saturated rings. The van der Waals surface area contributed by atoms with Crippen LogP contribution in [0.2, 0.25) is 0 Å². The molecule has 1 amide bonds. The van der Waals surface area contributed by atoms with Gasteiger partial charge in [0.05, 0.1) is 24.7 Å². The summed E-state index contributed by atoms with van der Waals surface area (Å²) in [7, 11) is 1.49. The first-order valence-electron chi connectivity index (χ1n) is 11.2. The van der Waals surface area contributed by atoms with Gasteiger partial charge < -0.3 is 14.7 Å². The standard InChI is InChI=1S/C25H24F3N3O3/c1-34-18-10-6-16(7-11-18)14-31-23(32)20-21(24(31,33)25(26,27)28)19-3-2-12-30(19)22(20)17-8-4-15(13-29)5-9-17/h4-11,19-22,33H,2-3,12,14H2,1H3/t19-,20-,21?,22-,24+/m0/s1. The van der Waals surface area contributed by atoms with Crippen LogP contribution in [0.1, 0.15) is 35.6 Å². The second-order valence-corrected chi connectivity index (χ2v) is 9.17. The smallest absolute Gasteiger partial charge is 0.437 e. The third-order valence-corrected chi connectivity index (χ3v) is 7.57. The van der Waals surface area contributed by atoms with Crippen LogP contribution in [-0.4, -0.2) is 52.4 Å². The van der Waals surface area contributed by atoms with Gasteiger partial charge in [0.1, 0.15) is 5.75 Å². The summed E-state index contributed by atoms with van der Waals surface area (Å²) >= 11 is 0. The molecule has 178 valence electrons. The Morgan fingerprint density at radius 3 is 2.44 bits per heavy atom. The predicted octanol–water partition coefficient (Wildman–Crippen LogP) is 3.61. The Hall–Kier alpha value is -3.09. The molecule has 6 nitrogen and oxygen atoms in total. The summed E-state index contributed by atoms with van der Waals surface area (Å²) in [6, 6.07) is 13.9. The van der Waals surface area contributed by atoms with E-state index in [9.17, 15) is 23.1 Å². The summed E-state index contributed by atoms with van der Waals surface area (Å²) < 4.78 is 48.9. The third-order valence-electron chi connectivity index (χ3n) is 7.57. The molecule has 34 heavy (non-hydrogen) atoms. The summed E-state index contributed by atoms with van der Waals surface area (Å²) in [4.78, 5) is 16.2. The quantitative estimate of drug-likeness (QED) is 0.737. The monoisotopic (exact) mass is 471 g/mol. The zero-order valence-corrected chi connectivity index (χ0v) is 18.5. The summed E-state index contributed by atoms with van der Waals surface area (Å²) in [5, 5.41) is 20.5. The third kappa shape index (κ3) is 3.20. The topological polar surface area (TPSA) is 76.8 Å². The maximum atomic E-state index is 14.6. The molecule has 3 aliphatic heterocycles. The highest BCUT2D eigenvalue weighted by Gasteiger charge is 2.77. The van der Waals surface area contributed by atoms with Gasteiger partial charge in [-0.3, -0.25) is 9.69 Å². The van der Waals surface area contributed by atoms with Crippen LogP contribution in [0.5, 0.6) is 5.75 Å². The van der Waals surface area contributed by atoms with Crippen molar-refractivity contribution in [2.75, 3.05) is 13.7 Å². The Labute approximate surface area is 195 Å². The number of amides is 1. The average molecular weight is 471 g/mol. The van der Waals surface area contributed by atoms with Crippen LogP contribution in [0.15, 0.2) is 48.5 Å². The van der Waals surface area contributed by atoms with Crippen LogP contribution in [-0.2, 0) is 11.3 Å². The number of carbonyl (C=O) groups excluding carboxylic acids is 1. The molecule has 0 bridgehead atoms. The van der Waals surface area contributed by atoms with Crippen molar-refractivity contribution in [3.63, 3.8) is 0 Å². The number of hydrogen-bond acceptors (Lipinski definition) is 5. The Morgan fingerprint density at radius 2 is 1.85 bits per heavy atom. The van der Waals surface area contributed by atoms with Crippen molar-refractivity contribution >= 4 is 5.91 Å². The molecular formula is C25H24F3N3O3. The van der Waals surface area contributed by atoms with Gasteiger partial charge in [-0.25, -0.2) is 0 Å². The fraction of sp³-hybridized carbons (Fsp3) is 0.440. The van der Waals surface area contributed by atoms with Gasteiger partial charge in [0, 0.05) is 24.5 Å². The minimum Gasteiger partial charge on any atom is -0.497 e. The van der Waals surface area contributed by atoms with Crippen molar-refractivity contribution in [1.82, 2.24) is 9.80 Å². The van der Waals surface area contributed by atoms with E-state index in [1.54, 1.807) is 48.5 Å². The number of likely N-dealkylation sites (tertiary alicyclic amines) is 1. The highest BCUT2D eigenvalue weighted by atomic mass is 19.4. The highest BCUT2D eigenvalue weighted by molar-refractivity contribution is 5.85. The van der Waals surface area contributed by atoms with Crippen molar-refractivity contribution in [2.24, 2.45) is 11.8 Å². The number of nitriles is 1. The number of nitrogens with zero attached hydrogens (tertiary/aromatic N) is 3. The van der Waals surface area contributed by atoms with E-state index in [-0.39, 0.29) is 6.54 Å². The highest BCUT2D eigenvalue weighted by Crippen LogP contribution is 2.61. The maximum Gasteiger partial charge on any atom is 0.437 e. The minimum atomic E-state index is -5.03. The number of methoxy groups -OCH3 is 1. The number of alkyl halides is 3. The van der Waals surface area contributed by atoms with Crippen molar-refractivity contribution in [1.29, 1.82) is 5.26 Å². The number of halogens is 3. The number of fused-ring (bicyclic) bond motifs is 3. The van der Waals surface area contributed by atoms with Gasteiger partial charge in [-0.2, -0.15) is 18.4 Å². The molecule has 2 aromatic rings. The molecule has 5 atom stereocenters. The van der Waals surface area contributed by atoms with E-state index in [0.717, 1.165) is 0 Å². The number of hydrogen-bond donors (Lipinski definition) is 1. The second-order valence-electron chi connectivity index (χ2n) is 9.17. The number of aliphatic hydroxyl groups is 1. The summed E-state index contributed by atoms with van der Waals surface area (Å²) in [5.74, 6) is -2.50. The van der Waals surface area contributed by atoms with E-state index in [4.69, 9.17) is 10.00 Å². The minimum absolute atomic E-state index is 0.362. The fourth-order valence-electron chi connectivity index (χ4n) is 6.13. The molecule has 0 saturated carbocycles. The zero-order chi connectivity index (χ0) is 24.3. The molecule has 0 aliphatic carbocycles. The van der Waals surface area contributed by atoms with E-state index in [2.05, 4.69) is 0 Å². The normalized spacial score (nSPS) is 30.8. The number of rotatable bonds is 4. The Bertz CT molecular complexity index is 1130. The predicted molar refractivity (Wildman–Crippen MR) is 115 cm³/mol. The average Bonchev–Trinajstić information content (AvgIpc) is 3.47. The lowest BCUT2D eigenvalue weighted by molar-refractivity contribution is -0.322. The molecule has 3 heterocycles. The van der Waals surface area contributed by atoms with Crippen molar-refractivity contribution < 1.29 is 27.8 Å². The van der Waals surface area contributed by atoms with Crippen LogP contribution >= 0.6 is 0 Å². The van der Waals surface area contributed by atoms with Crippen molar-refractivity contribution in [2.45, 2.75) is 43.4 Å². The maximum absolute atomic E-state index is 14.6. The molecular weight excluding hydrogens is 447 g/mol. The van der Waals surface area contributed by atoms with E-state index in [1.165, 1.54) is 7.11 Å². The lowest BCUT2D eigenvalue weighted by Gasteiger charge is -2.41. The number of benzene rings is 2. The van der Waals surface area contributed by atoms with Crippen molar-refractivity contribution in [3.05, 3.63) is 65.2 Å². The van der Waals surface area contributed by atoms with Crippen LogP contribution < -0.4 is 4.74 Å². The molecule has 0 radical (unpaired) electrons. The van der Waals surface area contributed by atoms with Crippen LogP contribution in [0.4, 0.5) is 13.2 Å². The zero-order valence-electron chi connectivity index (χ0n) is 18.5. The largest absolute Gasteiger partial charge is 0.497 e. The lowest BCUT2D eigenvalue weighted by Crippen LogP contribution is -2.61. The number of carbonyl (C=O) groups is 1.